The Hall–Kier alpha value is -1.51. The predicted molar refractivity (Wildman–Crippen MR) is 65.4 cm³/mol. The minimum absolute atomic E-state index is 0.0870. The lowest BCUT2D eigenvalue weighted by Crippen LogP contribution is -2.38. The monoisotopic (exact) mass is 218 g/mol. The lowest BCUT2D eigenvalue weighted by Gasteiger charge is -2.15. The molecule has 1 amide bonds. The SMILES string of the molecule is Cc1cccc(NC(C)C(=O)NC2CC2)c1. The quantitative estimate of drug-likeness (QED) is 0.812. The van der Waals surface area contributed by atoms with Gasteiger partial charge in [-0.2, -0.15) is 0 Å². The lowest BCUT2D eigenvalue weighted by molar-refractivity contribution is -0.121. The van der Waals surface area contributed by atoms with Gasteiger partial charge in [0.25, 0.3) is 0 Å². The van der Waals surface area contributed by atoms with E-state index in [1.165, 1.54) is 5.56 Å². The summed E-state index contributed by atoms with van der Waals surface area (Å²) in [5, 5.41) is 6.19. The van der Waals surface area contributed by atoms with Gasteiger partial charge in [-0.25, -0.2) is 0 Å². The fourth-order valence-corrected chi connectivity index (χ4v) is 1.60. The summed E-state index contributed by atoms with van der Waals surface area (Å²) >= 11 is 0. The van der Waals surface area contributed by atoms with E-state index in [1.54, 1.807) is 0 Å². The molecule has 1 aliphatic carbocycles. The van der Waals surface area contributed by atoms with Crippen LogP contribution < -0.4 is 10.6 Å². The Bertz CT molecular complexity index is 385. The standard InChI is InChI=1S/C13H18N2O/c1-9-4-3-5-12(8-9)14-10(2)13(16)15-11-6-7-11/h3-5,8,10-11,14H,6-7H2,1-2H3,(H,15,16). The van der Waals surface area contributed by atoms with E-state index in [1.807, 2.05) is 38.1 Å². The first-order valence-electron chi connectivity index (χ1n) is 5.79. The van der Waals surface area contributed by atoms with Gasteiger partial charge in [0.1, 0.15) is 6.04 Å². The summed E-state index contributed by atoms with van der Waals surface area (Å²) in [5.41, 5.74) is 2.19. The maximum Gasteiger partial charge on any atom is 0.242 e. The van der Waals surface area contributed by atoms with Crippen molar-refractivity contribution in [2.45, 2.75) is 38.8 Å². The van der Waals surface area contributed by atoms with Crippen LogP contribution in [0.15, 0.2) is 24.3 Å². The number of nitrogens with one attached hydrogen (secondary N) is 2. The van der Waals surface area contributed by atoms with E-state index in [2.05, 4.69) is 10.6 Å². The number of carbonyl (C=O) groups is 1. The van der Waals surface area contributed by atoms with Gasteiger partial charge in [-0.05, 0) is 44.4 Å². The Morgan fingerprint density at radius 2 is 2.19 bits per heavy atom. The van der Waals surface area contributed by atoms with Crippen LogP contribution in [0.5, 0.6) is 0 Å². The molecule has 3 nitrogen and oxygen atoms in total. The highest BCUT2D eigenvalue weighted by molar-refractivity contribution is 5.84. The first-order valence-corrected chi connectivity index (χ1v) is 5.79. The average molecular weight is 218 g/mol. The van der Waals surface area contributed by atoms with Crippen molar-refractivity contribution < 1.29 is 4.79 Å². The first kappa shape index (κ1) is 11.0. The second-order valence-electron chi connectivity index (χ2n) is 4.52. The van der Waals surface area contributed by atoms with Crippen molar-refractivity contribution in [3.05, 3.63) is 29.8 Å². The summed E-state index contributed by atoms with van der Waals surface area (Å²) in [7, 11) is 0. The molecule has 1 atom stereocenters. The number of hydrogen-bond acceptors (Lipinski definition) is 2. The van der Waals surface area contributed by atoms with Gasteiger partial charge in [0.05, 0.1) is 0 Å². The molecule has 0 saturated heterocycles. The van der Waals surface area contributed by atoms with E-state index in [4.69, 9.17) is 0 Å². The molecule has 1 aromatic rings. The van der Waals surface area contributed by atoms with Gasteiger partial charge in [-0.15, -0.1) is 0 Å². The molecule has 2 rings (SSSR count). The van der Waals surface area contributed by atoms with E-state index in [0.717, 1.165) is 18.5 Å². The molecule has 1 aliphatic rings. The van der Waals surface area contributed by atoms with Gasteiger partial charge in [0.15, 0.2) is 0 Å². The number of anilines is 1. The van der Waals surface area contributed by atoms with Crippen LogP contribution in [0.1, 0.15) is 25.3 Å². The molecule has 3 heteroatoms. The van der Waals surface area contributed by atoms with Crippen molar-refractivity contribution >= 4 is 11.6 Å². The second kappa shape index (κ2) is 4.56. The highest BCUT2D eigenvalue weighted by atomic mass is 16.2. The third-order valence-electron chi connectivity index (χ3n) is 2.72. The molecule has 1 fully saturated rings. The second-order valence-corrected chi connectivity index (χ2v) is 4.52. The molecule has 0 bridgehead atoms. The van der Waals surface area contributed by atoms with E-state index in [0.29, 0.717) is 6.04 Å². The Balaban J connectivity index is 1.90. The van der Waals surface area contributed by atoms with Crippen molar-refractivity contribution in [2.24, 2.45) is 0 Å². The zero-order valence-corrected chi connectivity index (χ0v) is 9.79. The van der Waals surface area contributed by atoms with Crippen LogP contribution in [0, 0.1) is 6.92 Å². The maximum atomic E-state index is 11.7. The normalized spacial score (nSPS) is 16.6. The molecular formula is C13H18N2O. The smallest absolute Gasteiger partial charge is 0.242 e. The van der Waals surface area contributed by atoms with Crippen LogP contribution in [0.4, 0.5) is 5.69 Å². The Morgan fingerprint density at radius 1 is 1.44 bits per heavy atom. The van der Waals surface area contributed by atoms with Crippen LogP contribution in [0.2, 0.25) is 0 Å². The highest BCUT2D eigenvalue weighted by Crippen LogP contribution is 2.19. The fraction of sp³-hybridized carbons (Fsp3) is 0.462. The molecule has 1 saturated carbocycles. The average Bonchev–Trinajstić information content (AvgIpc) is 3.01. The van der Waals surface area contributed by atoms with E-state index in [-0.39, 0.29) is 11.9 Å². The van der Waals surface area contributed by atoms with Crippen LogP contribution in [0.25, 0.3) is 0 Å². The fourth-order valence-electron chi connectivity index (χ4n) is 1.60. The molecule has 86 valence electrons. The van der Waals surface area contributed by atoms with E-state index < -0.39 is 0 Å². The topological polar surface area (TPSA) is 41.1 Å². The lowest BCUT2D eigenvalue weighted by atomic mass is 10.2. The minimum atomic E-state index is -0.178. The van der Waals surface area contributed by atoms with Crippen molar-refractivity contribution in [3.8, 4) is 0 Å². The van der Waals surface area contributed by atoms with Crippen LogP contribution in [-0.2, 0) is 4.79 Å². The summed E-state index contributed by atoms with van der Waals surface area (Å²) in [6.45, 7) is 3.93. The van der Waals surface area contributed by atoms with Gasteiger partial charge >= 0.3 is 0 Å². The number of rotatable bonds is 4. The predicted octanol–water partition coefficient (Wildman–Crippen LogP) is 2.07. The third-order valence-corrected chi connectivity index (χ3v) is 2.72. The maximum absolute atomic E-state index is 11.7. The van der Waals surface area contributed by atoms with Crippen LogP contribution >= 0.6 is 0 Å². The third kappa shape index (κ3) is 2.99. The number of hydrogen-bond donors (Lipinski definition) is 2. The van der Waals surface area contributed by atoms with E-state index in [9.17, 15) is 4.79 Å². The Kier molecular flexibility index (Phi) is 3.13. The summed E-state index contributed by atoms with van der Waals surface area (Å²) in [6, 6.07) is 8.30. The van der Waals surface area contributed by atoms with Gasteiger partial charge in [0, 0.05) is 11.7 Å². The first-order chi connectivity index (χ1) is 7.65. The van der Waals surface area contributed by atoms with Crippen molar-refractivity contribution in [1.29, 1.82) is 0 Å². The largest absolute Gasteiger partial charge is 0.374 e. The van der Waals surface area contributed by atoms with Gasteiger partial charge in [-0.1, -0.05) is 12.1 Å². The molecular weight excluding hydrogens is 200 g/mol. The molecule has 1 aromatic carbocycles. The van der Waals surface area contributed by atoms with Crippen LogP contribution in [-0.4, -0.2) is 18.0 Å². The summed E-state index contributed by atoms with van der Waals surface area (Å²) in [4.78, 5) is 11.7. The van der Waals surface area contributed by atoms with E-state index >= 15 is 0 Å². The number of carbonyl (C=O) groups excluding carboxylic acids is 1. The molecule has 0 radical (unpaired) electrons. The van der Waals surface area contributed by atoms with Crippen molar-refractivity contribution in [1.82, 2.24) is 5.32 Å². The molecule has 0 heterocycles. The van der Waals surface area contributed by atoms with Crippen molar-refractivity contribution in [3.63, 3.8) is 0 Å². The minimum Gasteiger partial charge on any atom is -0.374 e. The number of benzene rings is 1. The Labute approximate surface area is 96.2 Å². The van der Waals surface area contributed by atoms with Gasteiger partial charge in [-0.3, -0.25) is 4.79 Å². The van der Waals surface area contributed by atoms with Gasteiger partial charge in [0.2, 0.25) is 5.91 Å². The molecule has 0 spiro atoms. The molecule has 0 aromatic heterocycles. The molecule has 1 unspecified atom stereocenters. The van der Waals surface area contributed by atoms with Crippen LogP contribution in [0.3, 0.4) is 0 Å². The zero-order valence-electron chi connectivity index (χ0n) is 9.79. The molecule has 0 aliphatic heterocycles. The molecule has 16 heavy (non-hydrogen) atoms. The summed E-state index contributed by atoms with van der Waals surface area (Å²) < 4.78 is 0. The highest BCUT2D eigenvalue weighted by Gasteiger charge is 2.25. The summed E-state index contributed by atoms with van der Waals surface area (Å²) in [5.74, 6) is 0.0870. The van der Waals surface area contributed by atoms with Crippen molar-refractivity contribution in [2.75, 3.05) is 5.32 Å². The number of amides is 1. The number of aryl methyl sites for hydroxylation is 1. The van der Waals surface area contributed by atoms with Gasteiger partial charge < -0.3 is 10.6 Å². The molecule has 2 N–H and O–H groups in total. The summed E-state index contributed by atoms with van der Waals surface area (Å²) in [6.07, 6.45) is 2.26. The zero-order chi connectivity index (χ0) is 11.5. The Morgan fingerprint density at radius 3 is 2.81 bits per heavy atom.